The van der Waals surface area contributed by atoms with Crippen molar-refractivity contribution in [3.8, 4) is 0 Å². The molecule has 0 aromatic heterocycles. The first kappa shape index (κ1) is 22.8. The van der Waals surface area contributed by atoms with Crippen LogP contribution in [0.1, 0.15) is 13.3 Å². The first-order valence-electron chi connectivity index (χ1n) is 9.67. The minimum Gasteiger partial charge on any atom is -0.323 e. The monoisotopic (exact) mass is 458 g/mol. The van der Waals surface area contributed by atoms with Gasteiger partial charge in [-0.2, -0.15) is 0 Å². The van der Waals surface area contributed by atoms with Crippen molar-refractivity contribution in [1.82, 2.24) is 0 Å². The van der Waals surface area contributed by atoms with Gasteiger partial charge in [0.1, 0.15) is 11.9 Å². The third kappa shape index (κ3) is 5.86. The maximum atomic E-state index is 13.3. The summed E-state index contributed by atoms with van der Waals surface area (Å²) >= 11 is 1.50. The van der Waals surface area contributed by atoms with Crippen LogP contribution >= 0.6 is 11.8 Å². The second kappa shape index (κ2) is 9.98. The fraction of sp³-hybridized carbons (Fsp3) is 0.174. The van der Waals surface area contributed by atoms with Crippen molar-refractivity contribution in [2.45, 2.75) is 29.2 Å². The number of carbonyl (C=O) groups excluding carboxylic acids is 1. The van der Waals surface area contributed by atoms with Crippen LogP contribution in [0.25, 0.3) is 0 Å². The molecule has 0 saturated heterocycles. The fourth-order valence-corrected chi connectivity index (χ4v) is 5.27. The van der Waals surface area contributed by atoms with Crippen LogP contribution in [0.4, 0.5) is 15.8 Å². The van der Waals surface area contributed by atoms with E-state index in [4.69, 9.17) is 0 Å². The van der Waals surface area contributed by atoms with Crippen molar-refractivity contribution < 1.29 is 17.6 Å². The SMILES string of the molecule is CC[C@@H](C(=O)Nc1ccccc1Sc1ccccc1)N(c1ccc(F)cc1)S(C)(=O)=O. The van der Waals surface area contributed by atoms with Crippen LogP contribution in [0.5, 0.6) is 0 Å². The van der Waals surface area contributed by atoms with E-state index in [9.17, 15) is 17.6 Å². The molecule has 0 aliphatic heterocycles. The van der Waals surface area contributed by atoms with Crippen molar-refractivity contribution in [1.29, 1.82) is 0 Å². The van der Waals surface area contributed by atoms with Gasteiger partial charge >= 0.3 is 0 Å². The van der Waals surface area contributed by atoms with Gasteiger partial charge < -0.3 is 5.32 Å². The Morgan fingerprint density at radius 1 is 1.00 bits per heavy atom. The largest absolute Gasteiger partial charge is 0.323 e. The Balaban J connectivity index is 1.89. The number of rotatable bonds is 8. The van der Waals surface area contributed by atoms with Crippen molar-refractivity contribution in [3.05, 3.63) is 84.7 Å². The Morgan fingerprint density at radius 3 is 2.23 bits per heavy atom. The highest BCUT2D eigenvalue weighted by Gasteiger charge is 2.31. The minimum atomic E-state index is -3.79. The van der Waals surface area contributed by atoms with E-state index in [1.807, 2.05) is 42.5 Å². The smallest absolute Gasteiger partial charge is 0.248 e. The average molecular weight is 459 g/mol. The molecule has 0 heterocycles. The molecule has 31 heavy (non-hydrogen) atoms. The van der Waals surface area contributed by atoms with Gasteiger partial charge in [-0.05, 0) is 55.0 Å². The lowest BCUT2D eigenvalue weighted by atomic mass is 10.1. The zero-order valence-electron chi connectivity index (χ0n) is 17.2. The van der Waals surface area contributed by atoms with E-state index < -0.39 is 27.8 Å². The number of hydrogen-bond donors (Lipinski definition) is 1. The van der Waals surface area contributed by atoms with Crippen LogP contribution in [-0.2, 0) is 14.8 Å². The molecule has 8 heteroatoms. The molecule has 0 bridgehead atoms. The molecule has 0 aliphatic rings. The number of nitrogens with zero attached hydrogens (tertiary/aromatic N) is 1. The van der Waals surface area contributed by atoms with Crippen molar-refractivity contribution in [2.24, 2.45) is 0 Å². The number of benzene rings is 3. The molecule has 3 aromatic rings. The van der Waals surface area contributed by atoms with Crippen LogP contribution < -0.4 is 9.62 Å². The lowest BCUT2D eigenvalue weighted by Gasteiger charge is -2.30. The summed E-state index contributed by atoms with van der Waals surface area (Å²) < 4.78 is 39.4. The van der Waals surface area contributed by atoms with E-state index in [-0.39, 0.29) is 12.1 Å². The first-order valence-corrected chi connectivity index (χ1v) is 12.3. The average Bonchev–Trinajstić information content (AvgIpc) is 2.74. The molecule has 3 aromatic carbocycles. The second-order valence-electron chi connectivity index (χ2n) is 6.86. The number of halogens is 1. The highest BCUT2D eigenvalue weighted by molar-refractivity contribution is 7.99. The van der Waals surface area contributed by atoms with E-state index in [1.54, 1.807) is 19.1 Å². The summed E-state index contributed by atoms with van der Waals surface area (Å²) in [6.07, 6.45) is 1.27. The van der Waals surface area contributed by atoms with Crippen LogP contribution in [0, 0.1) is 5.82 Å². The number of anilines is 2. The molecule has 1 N–H and O–H groups in total. The third-order valence-corrected chi connectivity index (χ3v) is 6.79. The van der Waals surface area contributed by atoms with Crippen molar-refractivity contribution in [2.75, 3.05) is 15.9 Å². The molecule has 162 valence electrons. The number of hydrogen-bond acceptors (Lipinski definition) is 4. The maximum absolute atomic E-state index is 13.3. The minimum absolute atomic E-state index is 0.234. The number of carbonyl (C=O) groups is 1. The summed E-state index contributed by atoms with van der Waals surface area (Å²) in [5.74, 6) is -0.945. The Kier molecular flexibility index (Phi) is 7.35. The number of sulfonamides is 1. The molecule has 0 spiro atoms. The molecule has 0 radical (unpaired) electrons. The quantitative estimate of drug-likeness (QED) is 0.506. The summed E-state index contributed by atoms with van der Waals surface area (Å²) in [6, 6.07) is 21.1. The van der Waals surface area contributed by atoms with Crippen LogP contribution in [-0.4, -0.2) is 26.6 Å². The van der Waals surface area contributed by atoms with E-state index in [2.05, 4.69) is 5.32 Å². The van der Waals surface area contributed by atoms with E-state index in [1.165, 1.54) is 36.0 Å². The van der Waals surface area contributed by atoms with Gasteiger partial charge in [-0.3, -0.25) is 9.10 Å². The second-order valence-corrected chi connectivity index (χ2v) is 9.83. The predicted octanol–water partition coefficient (Wildman–Crippen LogP) is 5.16. The Morgan fingerprint density at radius 2 is 1.61 bits per heavy atom. The molecular weight excluding hydrogens is 435 g/mol. The van der Waals surface area contributed by atoms with Crippen molar-refractivity contribution >= 4 is 39.1 Å². The molecular formula is C23H23FN2O3S2. The van der Waals surface area contributed by atoms with Gasteiger partial charge in [-0.25, -0.2) is 12.8 Å². The van der Waals surface area contributed by atoms with E-state index in [0.717, 1.165) is 20.4 Å². The summed E-state index contributed by atoms with van der Waals surface area (Å²) in [7, 11) is -3.79. The summed E-state index contributed by atoms with van der Waals surface area (Å²) in [4.78, 5) is 15.0. The van der Waals surface area contributed by atoms with Crippen LogP contribution in [0.15, 0.2) is 88.7 Å². The summed E-state index contributed by atoms with van der Waals surface area (Å²) in [5, 5.41) is 2.88. The van der Waals surface area contributed by atoms with Gasteiger partial charge in [0.2, 0.25) is 15.9 Å². The number of para-hydroxylation sites is 1. The topological polar surface area (TPSA) is 66.5 Å². The predicted molar refractivity (Wildman–Crippen MR) is 123 cm³/mol. The highest BCUT2D eigenvalue weighted by Crippen LogP contribution is 2.33. The fourth-order valence-electron chi connectivity index (χ4n) is 3.14. The molecule has 0 unspecified atom stereocenters. The van der Waals surface area contributed by atoms with Gasteiger partial charge in [0.15, 0.2) is 0 Å². The van der Waals surface area contributed by atoms with Gasteiger partial charge in [-0.1, -0.05) is 49.0 Å². The molecule has 0 aliphatic carbocycles. The van der Waals surface area contributed by atoms with E-state index >= 15 is 0 Å². The Bertz CT molecular complexity index is 1140. The Hall–Kier alpha value is -2.84. The standard InChI is InChI=1S/C23H23FN2O3S2/c1-3-21(26(31(2,28)29)18-15-13-17(24)14-16-18)23(27)25-20-11-7-8-12-22(20)30-19-9-5-4-6-10-19/h4-16,21H,3H2,1-2H3,(H,25,27)/t21-/m0/s1. The first-order chi connectivity index (χ1) is 14.8. The molecule has 0 fully saturated rings. The zero-order valence-corrected chi connectivity index (χ0v) is 18.8. The lowest BCUT2D eigenvalue weighted by Crippen LogP contribution is -2.47. The van der Waals surface area contributed by atoms with Crippen molar-refractivity contribution in [3.63, 3.8) is 0 Å². The van der Waals surface area contributed by atoms with Gasteiger partial charge in [0.25, 0.3) is 0 Å². The maximum Gasteiger partial charge on any atom is 0.248 e. The molecule has 3 rings (SSSR count). The normalized spacial score (nSPS) is 12.2. The molecule has 1 amide bonds. The van der Waals surface area contributed by atoms with E-state index in [0.29, 0.717) is 5.69 Å². The van der Waals surface area contributed by atoms with Crippen LogP contribution in [0.3, 0.4) is 0 Å². The third-order valence-electron chi connectivity index (χ3n) is 4.53. The zero-order chi connectivity index (χ0) is 22.4. The van der Waals surface area contributed by atoms with Gasteiger partial charge in [0.05, 0.1) is 17.6 Å². The van der Waals surface area contributed by atoms with Gasteiger partial charge in [0, 0.05) is 9.79 Å². The van der Waals surface area contributed by atoms with Gasteiger partial charge in [-0.15, -0.1) is 0 Å². The highest BCUT2D eigenvalue weighted by atomic mass is 32.2. The molecule has 0 saturated carbocycles. The lowest BCUT2D eigenvalue weighted by molar-refractivity contribution is -0.117. The molecule has 5 nitrogen and oxygen atoms in total. The number of nitrogens with one attached hydrogen (secondary N) is 1. The number of amides is 1. The molecule has 1 atom stereocenters. The van der Waals surface area contributed by atoms with Crippen LogP contribution in [0.2, 0.25) is 0 Å². The summed E-state index contributed by atoms with van der Waals surface area (Å²) in [6.45, 7) is 1.73. The Labute approximate surface area is 186 Å². The summed E-state index contributed by atoms with van der Waals surface area (Å²) in [5.41, 5.74) is 0.824.